The van der Waals surface area contributed by atoms with Gasteiger partial charge in [0.1, 0.15) is 5.75 Å². The second-order valence-corrected chi connectivity index (χ2v) is 5.18. The van der Waals surface area contributed by atoms with Gasteiger partial charge in [-0.15, -0.1) is 0 Å². The van der Waals surface area contributed by atoms with E-state index in [0.717, 1.165) is 28.3 Å². The molecule has 0 aliphatic heterocycles. The topological polar surface area (TPSA) is 52.1 Å². The third-order valence-corrected chi connectivity index (χ3v) is 3.56. The van der Waals surface area contributed by atoms with Crippen molar-refractivity contribution in [3.63, 3.8) is 0 Å². The smallest absolute Gasteiger partial charge is 0.161 e. The molecule has 0 bridgehead atoms. The molecule has 2 aromatic carbocycles. The molecule has 0 amide bonds. The van der Waals surface area contributed by atoms with Crippen LogP contribution in [0.1, 0.15) is 25.0 Å². The van der Waals surface area contributed by atoms with E-state index in [-0.39, 0.29) is 0 Å². The van der Waals surface area contributed by atoms with E-state index in [2.05, 4.69) is 10.5 Å². The van der Waals surface area contributed by atoms with Gasteiger partial charge in [0.05, 0.1) is 33.1 Å². The van der Waals surface area contributed by atoms with E-state index in [0.29, 0.717) is 18.9 Å². The Morgan fingerprint density at radius 1 is 1.00 bits per heavy atom. The normalized spacial score (nSPS) is 11.1. The minimum atomic E-state index is 0.606. The molecule has 0 spiro atoms. The average molecular weight is 328 g/mol. The minimum absolute atomic E-state index is 0.606. The van der Waals surface area contributed by atoms with Gasteiger partial charge in [0.15, 0.2) is 11.5 Å². The Labute approximate surface area is 143 Å². The van der Waals surface area contributed by atoms with Crippen LogP contribution in [0, 0.1) is 0 Å². The van der Waals surface area contributed by atoms with Crippen LogP contribution in [0.15, 0.2) is 47.6 Å². The van der Waals surface area contributed by atoms with Crippen molar-refractivity contribution in [1.29, 1.82) is 0 Å². The summed E-state index contributed by atoms with van der Waals surface area (Å²) in [4.78, 5) is 0. The van der Waals surface area contributed by atoms with Gasteiger partial charge in [-0.3, -0.25) is 0 Å². The summed E-state index contributed by atoms with van der Waals surface area (Å²) in [5.74, 6) is 2.30. The number of hydrogen-bond acceptors (Lipinski definition) is 5. The van der Waals surface area contributed by atoms with Gasteiger partial charge in [-0.05, 0) is 61.4 Å². The van der Waals surface area contributed by atoms with Crippen molar-refractivity contribution in [2.75, 3.05) is 20.8 Å². The predicted molar refractivity (Wildman–Crippen MR) is 96.2 cm³/mol. The van der Waals surface area contributed by atoms with Gasteiger partial charge in [0.25, 0.3) is 0 Å². The summed E-state index contributed by atoms with van der Waals surface area (Å²) in [6, 6.07) is 13.7. The molecule has 1 N–H and O–H groups in total. The zero-order chi connectivity index (χ0) is 17.4. The van der Waals surface area contributed by atoms with Gasteiger partial charge in [-0.1, -0.05) is 6.07 Å². The standard InChI is InChI=1S/C19H24N2O3/c1-5-24-17-9-7-16(8-10-17)14(2)21-20-13-15-6-11-18(22-3)19(12-15)23-4/h6-12,20H,5,13H2,1-4H3/b21-14+. The lowest BCUT2D eigenvalue weighted by atomic mass is 10.1. The molecule has 128 valence electrons. The fourth-order valence-electron chi connectivity index (χ4n) is 2.26. The zero-order valence-corrected chi connectivity index (χ0v) is 14.6. The van der Waals surface area contributed by atoms with Crippen LogP contribution < -0.4 is 19.6 Å². The molecule has 0 saturated carbocycles. The number of hydrogen-bond donors (Lipinski definition) is 1. The SMILES string of the molecule is CCOc1ccc(/C(C)=N/NCc2ccc(OC)c(OC)c2)cc1. The van der Waals surface area contributed by atoms with Crippen LogP contribution in [0.4, 0.5) is 0 Å². The van der Waals surface area contributed by atoms with Crippen molar-refractivity contribution in [2.24, 2.45) is 5.10 Å². The van der Waals surface area contributed by atoms with Gasteiger partial charge >= 0.3 is 0 Å². The Morgan fingerprint density at radius 3 is 2.33 bits per heavy atom. The molecule has 0 radical (unpaired) electrons. The first-order valence-corrected chi connectivity index (χ1v) is 7.89. The Kier molecular flexibility index (Phi) is 6.49. The van der Waals surface area contributed by atoms with E-state index < -0.39 is 0 Å². The molecular formula is C19H24N2O3. The van der Waals surface area contributed by atoms with Crippen LogP contribution in [0.3, 0.4) is 0 Å². The maximum atomic E-state index is 5.44. The summed E-state index contributed by atoms with van der Waals surface area (Å²) in [7, 11) is 3.25. The highest BCUT2D eigenvalue weighted by molar-refractivity contribution is 5.98. The number of hydrazone groups is 1. The molecule has 0 heterocycles. The van der Waals surface area contributed by atoms with E-state index in [1.54, 1.807) is 14.2 Å². The number of benzene rings is 2. The Morgan fingerprint density at radius 2 is 1.71 bits per heavy atom. The van der Waals surface area contributed by atoms with Gasteiger partial charge in [0.2, 0.25) is 0 Å². The fourth-order valence-corrected chi connectivity index (χ4v) is 2.26. The van der Waals surface area contributed by atoms with Crippen LogP contribution in [-0.2, 0) is 6.54 Å². The average Bonchev–Trinajstić information content (AvgIpc) is 2.62. The second kappa shape index (κ2) is 8.82. The first kappa shape index (κ1) is 17.7. The maximum absolute atomic E-state index is 5.44. The lowest BCUT2D eigenvalue weighted by Gasteiger charge is -2.10. The molecule has 0 atom stereocenters. The largest absolute Gasteiger partial charge is 0.494 e. The maximum Gasteiger partial charge on any atom is 0.161 e. The lowest BCUT2D eigenvalue weighted by molar-refractivity contribution is 0.340. The number of methoxy groups -OCH3 is 2. The van der Waals surface area contributed by atoms with E-state index in [1.807, 2.05) is 56.3 Å². The molecule has 5 nitrogen and oxygen atoms in total. The van der Waals surface area contributed by atoms with E-state index in [1.165, 1.54) is 0 Å². The molecule has 0 aliphatic rings. The highest BCUT2D eigenvalue weighted by Gasteiger charge is 2.04. The number of rotatable bonds is 8. The molecular weight excluding hydrogens is 304 g/mol. The Hall–Kier alpha value is -2.69. The van der Waals surface area contributed by atoms with Gasteiger partial charge < -0.3 is 19.6 Å². The predicted octanol–water partition coefficient (Wildman–Crippen LogP) is 3.62. The van der Waals surface area contributed by atoms with Gasteiger partial charge in [0, 0.05) is 0 Å². The molecule has 0 saturated heterocycles. The quantitative estimate of drug-likeness (QED) is 0.594. The number of nitrogens with zero attached hydrogens (tertiary/aromatic N) is 1. The van der Waals surface area contributed by atoms with Crippen molar-refractivity contribution >= 4 is 5.71 Å². The molecule has 5 heteroatoms. The summed E-state index contributed by atoms with van der Waals surface area (Å²) in [6.07, 6.45) is 0. The summed E-state index contributed by atoms with van der Waals surface area (Å²) < 4.78 is 16.0. The highest BCUT2D eigenvalue weighted by Crippen LogP contribution is 2.27. The Bertz CT molecular complexity index is 682. The van der Waals surface area contributed by atoms with E-state index in [9.17, 15) is 0 Å². The van der Waals surface area contributed by atoms with Crippen LogP contribution in [0.25, 0.3) is 0 Å². The van der Waals surface area contributed by atoms with Gasteiger partial charge in [-0.25, -0.2) is 0 Å². The molecule has 2 aromatic rings. The van der Waals surface area contributed by atoms with Crippen LogP contribution in [-0.4, -0.2) is 26.5 Å². The minimum Gasteiger partial charge on any atom is -0.494 e. The second-order valence-electron chi connectivity index (χ2n) is 5.18. The highest BCUT2D eigenvalue weighted by atomic mass is 16.5. The van der Waals surface area contributed by atoms with Crippen molar-refractivity contribution in [3.05, 3.63) is 53.6 Å². The molecule has 2 rings (SSSR count). The third kappa shape index (κ3) is 4.65. The van der Waals surface area contributed by atoms with Crippen LogP contribution >= 0.6 is 0 Å². The first-order valence-electron chi connectivity index (χ1n) is 7.89. The van der Waals surface area contributed by atoms with E-state index in [4.69, 9.17) is 14.2 Å². The fraction of sp³-hybridized carbons (Fsp3) is 0.316. The van der Waals surface area contributed by atoms with E-state index >= 15 is 0 Å². The molecule has 0 aromatic heterocycles. The van der Waals surface area contributed by atoms with Crippen LogP contribution in [0.5, 0.6) is 17.2 Å². The third-order valence-electron chi connectivity index (χ3n) is 3.56. The van der Waals surface area contributed by atoms with Crippen LogP contribution in [0.2, 0.25) is 0 Å². The molecule has 24 heavy (non-hydrogen) atoms. The Balaban J connectivity index is 1.97. The summed E-state index contributed by atoms with van der Waals surface area (Å²) in [5.41, 5.74) is 6.12. The molecule has 0 unspecified atom stereocenters. The summed E-state index contributed by atoms with van der Waals surface area (Å²) in [5, 5.41) is 4.42. The summed E-state index contributed by atoms with van der Waals surface area (Å²) in [6.45, 7) is 5.21. The molecule has 0 aliphatic carbocycles. The van der Waals surface area contributed by atoms with Crippen molar-refractivity contribution in [1.82, 2.24) is 5.43 Å². The van der Waals surface area contributed by atoms with Crippen molar-refractivity contribution < 1.29 is 14.2 Å². The number of ether oxygens (including phenoxy) is 3. The number of nitrogens with one attached hydrogen (secondary N) is 1. The lowest BCUT2D eigenvalue weighted by Crippen LogP contribution is -2.09. The summed E-state index contributed by atoms with van der Waals surface area (Å²) >= 11 is 0. The molecule has 0 fully saturated rings. The first-order chi connectivity index (χ1) is 11.7. The zero-order valence-electron chi connectivity index (χ0n) is 14.6. The van der Waals surface area contributed by atoms with Gasteiger partial charge in [-0.2, -0.15) is 5.10 Å². The van der Waals surface area contributed by atoms with Crippen molar-refractivity contribution in [3.8, 4) is 17.2 Å². The monoisotopic (exact) mass is 328 g/mol. The van der Waals surface area contributed by atoms with Crippen molar-refractivity contribution in [2.45, 2.75) is 20.4 Å².